The van der Waals surface area contributed by atoms with Crippen LogP contribution in [-0.4, -0.2) is 30.1 Å². The number of aromatic nitrogens is 4. The third kappa shape index (κ3) is 2.61. The maximum atomic E-state index is 13.1. The maximum Gasteiger partial charge on any atom is 0.225 e. The van der Waals surface area contributed by atoms with E-state index in [-0.39, 0.29) is 38.9 Å². The van der Waals surface area contributed by atoms with Gasteiger partial charge in [-0.25, -0.2) is 0 Å². The molecule has 0 aliphatic heterocycles. The van der Waals surface area contributed by atoms with Crippen LogP contribution in [0.4, 0.5) is 0 Å². The van der Waals surface area contributed by atoms with Crippen molar-refractivity contribution in [3.63, 3.8) is 0 Å². The van der Waals surface area contributed by atoms with Crippen LogP contribution in [0.3, 0.4) is 0 Å². The fourth-order valence-electron chi connectivity index (χ4n) is 3.67. The molecule has 5 rings (SSSR count). The van der Waals surface area contributed by atoms with E-state index in [2.05, 4.69) is 19.9 Å². The topological polar surface area (TPSA) is 138 Å². The molecule has 8 nitrogen and oxygen atoms in total. The number of aromatic amines is 4. The summed E-state index contributed by atoms with van der Waals surface area (Å²) in [5.74, 6) is -0.173. The minimum atomic E-state index is -0.332. The first kappa shape index (κ1) is 17.9. The second-order valence-corrected chi connectivity index (χ2v) is 7.15. The summed E-state index contributed by atoms with van der Waals surface area (Å²) in [6, 6.07) is 11.2. The van der Waals surface area contributed by atoms with Crippen LogP contribution in [0.1, 0.15) is 12.5 Å². The van der Waals surface area contributed by atoms with Gasteiger partial charge in [0.15, 0.2) is 11.5 Å². The Kier molecular flexibility index (Phi) is 3.82. The summed E-state index contributed by atoms with van der Waals surface area (Å²) in [5, 5.41) is 21.3. The average molecular weight is 402 g/mol. The first-order valence-corrected chi connectivity index (χ1v) is 9.48. The molecule has 0 aliphatic carbocycles. The predicted molar refractivity (Wildman–Crippen MR) is 117 cm³/mol. The lowest BCUT2D eigenvalue weighted by atomic mass is 10.2. The Balaban J connectivity index is 2.05. The lowest BCUT2D eigenvalue weighted by Gasteiger charge is -1.92. The zero-order valence-corrected chi connectivity index (χ0v) is 16.0. The van der Waals surface area contributed by atoms with Gasteiger partial charge in [0.2, 0.25) is 10.9 Å². The molecule has 8 heteroatoms. The molecule has 0 unspecified atom stereocenters. The van der Waals surface area contributed by atoms with E-state index in [1.54, 1.807) is 42.5 Å². The van der Waals surface area contributed by atoms with Gasteiger partial charge in [-0.15, -0.1) is 0 Å². The summed E-state index contributed by atoms with van der Waals surface area (Å²) in [6.45, 7) is 1.91. The van der Waals surface area contributed by atoms with Crippen LogP contribution in [0.2, 0.25) is 0 Å². The molecule has 6 N–H and O–H groups in total. The Morgan fingerprint density at radius 3 is 1.63 bits per heavy atom. The predicted octanol–water partition coefficient (Wildman–Crippen LogP) is 3.43. The summed E-state index contributed by atoms with van der Waals surface area (Å²) in [7, 11) is 0. The number of H-pyrrole nitrogens is 4. The van der Waals surface area contributed by atoms with Crippen LogP contribution in [0.15, 0.2) is 52.1 Å². The van der Waals surface area contributed by atoms with E-state index in [9.17, 15) is 19.8 Å². The van der Waals surface area contributed by atoms with Crippen molar-refractivity contribution in [2.45, 2.75) is 13.3 Å². The molecule has 5 heterocycles. The monoisotopic (exact) mass is 402 g/mol. The zero-order chi connectivity index (χ0) is 21.0. The van der Waals surface area contributed by atoms with Crippen LogP contribution in [0, 0.1) is 0 Å². The highest BCUT2D eigenvalue weighted by molar-refractivity contribution is 5.84. The van der Waals surface area contributed by atoms with Gasteiger partial charge >= 0.3 is 0 Å². The van der Waals surface area contributed by atoms with Gasteiger partial charge < -0.3 is 30.1 Å². The molecule has 30 heavy (non-hydrogen) atoms. The van der Waals surface area contributed by atoms with Crippen LogP contribution in [0.5, 0.6) is 11.5 Å². The Hall–Kier alpha value is -4.20. The molecule has 0 aromatic carbocycles. The highest BCUT2D eigenvalue weighted by Crippen LogP contribution is 2.27. The second kappa shape index (κ2) is 6.41. The normalized spacial score (nSPS) is 11.5. The third-order valence-electron chi connectivity index (χ3n) is 5.32. The number of rotatable bonds is 1. The molecule has 150 valence electrons. The minimum absolute atomic E-state index is 0.0792. The zero-order valence-electron chi connectivity index (χ0n) is 16.0. The van der Waals surface area contributed by atoms with Crippen molar-refractivity contribution < 1.29 is 10.2 Å². The Morgan fingerprint density at radius 1 is 0.633 bits per heavy atom. The summed E-state index contributed by atoms with van der Waals surface area (Å²) in [6.07, 6.45) is 0.576. The molecule has 0 amide bonds. The van der Waals surface area contributed by atoms with E-state index in [1.807, 2.05) is 6.92 Å². The SMILES string of the molecule is CCc1cc2[nH]c1c(=O)c1ccc([nH]1)c(=O)c1ccc([nH]1)c(O)c1ccc([nH]1)c2O. The molecule has 5 aromatic rings. The van der Waals surface area contributed by atoms with E-state index in [0.29, 0.717) is 34.0 Å². The lowest BCUT2D eigenvalue weighted by Crippen LogP contribution is -2.02. The fraction of sp³-hybridized carbons (Fsp3) is 0.0909. The van der Waals surface area contributed by atoms with E-state index in [0.717, 1.165) is 5.56 Å². The second-order valence-electron chi connectivity index (χ2n) is 7.15. The molecule has 0 radical (unpaired) electrons. The molecule has 0 saturated carbocycles. The average Bonchev–Trinajstić information content (AvgIpc) is 3.56. The minimum Gasteiger partial charge on any atom is -0.504 e. The first-order valence-electron chi connectivity index (χ1n) is 9.48. The summed E-state index contributed by atoms with van der Waals surface area (Å²) in [4.78, 5) is 37.6. The summed E-state index contributed by atoms with van der Waals surface area (Å²) in [5.41, 5.74) is 2.68. The summed E-state index contributed by atoms with van der Waals surface area (Å²) < 4.78 is 0. The highest BCUT2D eigenvalue weighted by atomic mass is 16.3. The number of aromatic hydroxyl groups is 2. The van der Waals surface area contributed by atoms with Gasteiger partial charge in [0, 0.05) is 0 Å². The highest BCUT2D eigenvalue weighted by Gasteiger charge is 2.10. The molecule has 0 atom stereocenters. The van der Waals surface area contributed by atoms with Crippen molar-refractivity contribution in [3.05, 3.63) is 68.5 Å². The van der Waals surface area contributed by atoms with Crippen molar-refractivity contribution in [1.82, 2.24) is 19.9 Å². The quantitative estimate of drug-likeness (QED) is 0.256. The molecule has 0 saturated heterocycles. The Morgan fingerprint density at radius 2 is 1.07 bits per heavy atom. The van der Waals surface area contributed by atoms with Crippen LogP contribution < -0.4 is 10.9 Å². The van der Waals surface area contributed by atoms with Crippen LogP contribution in [-0.2, 0) is 6.42 Å². The molecule has 0 fully saturated rings. The van der Waals surface area contributed by atoms with Gasteiger partial charge in [-0.05, 0) is 54.4 Å². The van der Waals surface area contributed by atoms with E-state index >= 15 is 0 Å². The number of fused-ring (bicyclic) bond motifs is 8. The van der Waals surface area contributed by atoms with Gasteiger partial charge in [0.1, 0.15) is 0 Å². The van der Waals surface area contributed by atoms with E-state index in [1.165, 1.54) is 0 Å². The van der Waals surface area contributed by atoms with Gasteiger partial charge in [-0.3, -0.25) is 9.59 Å². The van der Waals surface area contributed by atoms with Gasteiger partial charge in [-0.1, -0.05) is 6.92 Å². The van der Waals surface area contributed by atoms with Gasteiger partial charge in [0.05, 0.1) is 44.1 Å². The van der Waals surface area contributed by atoms with Crippen molar-refractivity contribution in [3.8, 4) is 11.5 Å². The molecule has 0 spiro atoms. The van der Waals surface area contributed by atoms with Crippen molar-refractivity contribution in [2.75, 3.05) is 0 Å². The van der Waals surface area contributed by atoms with Gasteiger partial charge in [0.25, 0.3) is 0 Å². The lowest BCUT2D eigenvalue weighted by molar-refractivity contribution is 0.483. The molecule has 5 aromatic heterocycles. The smallest absolute Gasteiger partial charge is 0.225 e. The largest absolute Gasteiger partial charge is 0.504 e. The Labute approximate surface area is 168 Å². The number of hydrogen-bond donors (Lipinski definition) is 6. The molecule has 0 aliphatic rings. The standard InChI is InChI=1S/C22H18N4O4/c1-2-10-9-17-21(29)15-6-5-13(24-15)19(27)11-3-4-12(23-11)20(28)14-7-8-16(25-14)22(30)18(10)26-17/h3-9,23-27,29H,2H2,1H3. The van der Waals surface area contributed by atoms with Crippen LogP contribution in [0.25, 0.3) is 44.1 Å². The molecular formula is C22H18N4O4. The van der Waals surface area contributed by atoms with E-state index < -0.39 is 0 Å². The third-order valence-corrected chi connectivity index (χ3v) is 5.32. The fourth-order valence-corrected chi connectivity index (χ4v) is 3.67. The maximum absolute atomic E-state index is 13.1. The first-order chi connectivity index (χ1) is 14.5. The van der Waals surface area contributed by atoms with Crippen molar-refractivity contribution >= 4 is 44.1 Å². The Bertz CT molecular complexity index is 1650. The van der Waals surface area contributed by atoms with Crippen molar-refractivity contribution in [1.29, 1.82) is 0 Å². The molecular weight excluding hydrogens is 384 g/mol. The molecule has 8 bridgehead atoms. The van der Waals surface area contributed by atoms with Crippen LogP contribution >= 0.6 is 0 Å². The number of aryl methyl sites for hydroxylation is 1. The number of nitrogens with one attached hydrogen (secondary N) is 4. The summed E-state index contributed by atoms with van der Waals surface area (Å²) >= 11 is 0. The van der Waals surface area contributed by atoms with E-state index in [4.69, 9.17) is 0 Å². The van der Waals surface area contributed by atoms with Crippen molar-refractivity contribution in [2.24, 2.45) is 0 Å². The van der Waals surface area contributed by atoms with Gasteiger partial charge in [-0.2, -0.15) is 0 Å². The number of hydrogen-bond acceptors (Lipinski definition) is 4.